The standard InChI is InChI=1S/C15H21F2NO2/c1-6-20-14(19)9-15(3,18(4)5)11-8-12(16)10(2)7-13(11)17/h7-8H,6,9H2,1-5H3. The van der Waals surface area contributed by atoms with E-state index in [9.17, 15) is 13.6 Å². The van der Waals surface area contributed by atoms with Crippen LogP contribution in [-0.4, -0.2) is 31.6 Å². The van der Waals surface area contributed by atoms with Crippen LogP contribution in [0.1, 0.15) is 31.4 Å². The summed E-state index contributed by atoms with van der Waals surface area (Å²) in [6.07, 6.45) is -0.0484. The fourth-order valence-electron chi connectivity index (χ4n) is 2.05. The summed E-state index contributed by atoms with van der Waals surface area (Å²) in [4.78, 5) is 13.4. The van der Waals surface area contributed by atoms with Crippen molar-refractivity contribution in [1.29, 1.82) is 0 Å². The molecule has 0 radical (unpaired) electrons. The van der Waals surface area contributed by atoms with Gasteiger partial charge in [-0.05, 0) is 52.6 Å². The molecule has 112 valence electrons. The molecule has 1 atom stereocenters. The molecule has 1 aromatic rings. The zero-order valence-corrected chi connectivity index (χ0v) is 12.6. The van der Waals surface area contributed by atoms with E-state index in [0.29, 0.717) is 0 Å². The van der Waals surface area contributed by atoms with Crippen LogP contribution < -0.4 is 0 Å². The molecule has 0 amide bonds. The SMILES string of the molecule is CCOC(=O)CC(C)(c1cc(F)c(C)cc1F)N(C)C. The largest absolute Gasteiger partial charge is 0.466 e. The molecule has 1 aromatic carbocycles. The van der Waals surface area contributed by atoms with Gasteiger partial charge in [0, 0.05) is 5.56 Å². The van der Waals surface area contributed by atoms with Crippen molar-refractivity contribution in [1.82, 2.24) is 4.90 Å². The van der Waals surface area contributed by atoms with Crippen LogP contribution in [0.15, 0.2) is 12.1 Å². The molecule has 0 saturated heterocycles. The Morgan fingerprint density at radius 1 is 1.30 bits per heavy atom. The highest BCUT2D eigenvalue weighted by molar-refractivity contribution is 5.71. The van der Waals surface area contributed by atoms with E-state index < -0.39 is 23.1 Å². The normalized spacial score (nSPS) is 14.2. The number of hydrogen-bond acceptors (Lipinski definition) is 3. The summed E-state index contributed by atoms with van der Waals surface area (Å²) in [5, 5.41) is 0. The minimum atomic E-state index is -0.967. The zero-order chi connectivity index (χ0) is 15.5. The highest BCUT2D eigenvalue weighted by Gasteiger charge is 2.35. The van der Waals surface area contributed by atoms with Crippen molar-refractivity contribution in [3.63, 3.8) is 0 Å². The average Bonchev–Trinajstić information content (AvgIpc) is 2.33. The van der Waals surface area contributed by atoms with E-state index in [1.807, 2.05) is 0 Å². The Labute approximate surface area is 118 Å². The summed E-state index contributed by atoms with van der Waals surface area (Å²) in [5.41, 5.74) is -0.577. The van der Waals surface area contributed by atoms with Gasteiger partial charge in [-0.3, -0.25) is 9.69 Å². The van der Waals surface area contributed by atoms with Gasteiger partial charge < -0.3 is 4.74 Å². The first-order chi connectivity index (χ1) is 9.22. The van der Waals surface area contributed by atoms with Gasteiger partial charge in [0.15, 0.2) is 0 Å². The molecule has 1 rings (SSSR count). The molecule has 0 fully saturated rings. The lowest BCUT2D eigenvalue weighted by Gasteiger charge is -2.36. The van der Waals surface area contributed by atoms with E-state index in [-0.39, 0.29) is 24.2 Å². The summed E-state index contributed by atoms with van der Waals surface area (Å²) < 4.78 is 32.8. The Bertz CT molecular complexity index is 503. The molecule has 5 heteroatoms. The second-order valence-corrected chi connectivity index (χ2v) is 5.23. The lowest BCUT2D eigenvalue weighted by molar-refractivity contribution is -0.146. The Morgan fingerprint density at radius 2 is 1.90 bits per heavy atom. The van der Waals surface area contributed by atoms with Gasteiger partial charge in [0.25, 0.3) is 0 Å². The molecule has 1 unspecified atom stereocenters. The van der Waals surface area contributed by atoms with E-state index in [1.165, 1.54) is 6.92 Å². The van der Waals surface area contributed by atoms with E-state index in [2.05, 4.69) is 0 Å². The van der Waals surface area contributed by atoms with Gasteiger partial charge in [-0.1, -0.05) is 0 Å². The lowest BCUT2D eigenvalue weighted by atomic mass is 9.86. The van der Waals surface area contributed by atoms with Gasteiger partial charge in [-0.2, -0.15) is 0 Å². The van der Waals surface area contributed by atoms with Crippen molar-refractivity contribution >= 4 is 5.97 Å². The number of ether oxygens (including phenoxy) is 1. The number of benzene rings is 1. The summed E-state index contributed by atoms with van der Waals surface area (Å²) >= 11 is 0. The zero-order valence-electron chi connectivity index (χ0n) is 12.6. The van der Waals surface area contributed by atoms with Crippen LogP contribution in [-0.2, 0) is 15.1 Å². The number of hydrogen-bond donors (Lipinski definition) is 0. The monoisotopic (exact) mass is 285 g/mol. The smallest absolute Gasteiger partial charge is 0.308 e. The van der Waals surface area contributed by atoms with Crippen molar-refractivity contribution in [3.05, 3.63) is 34.9 Å². The molecule has 20 heavy (non-hydrogen) atoms. The highest BCUT2D eigenvalue weighted by atomic mass is 19.1. The maximum Gasteiger partial charge on any atom is 0.308 e. The Kier molecular flexibility index (Phi) is 5.22. The van der Waals surface area contributed by atoms with Crippen LogP contribution in [0.4, 0.5) is 8.78 Å². The third-order valence-corrected chi connectivity index (χ3v) is 3.61. The minimum absolute atomic E-state index is 0.0484. The van der Waals surface area contributed by atoms with Gasteiger partial charge in [0.1, 0.15) is 11.6 Å². The molecular formula is C15H21F2NO2. The van der Waals surface area contributed by atoms with Crippen molar-refractivity contribution in [2.75, 3.05) is 20.7 Å². The average molecular weight is 285 g/mol. The molecule has 0 aliphatic rings. The highest BCUT2D eigenvalue weighted by Crippen LogP contribution is 2.33. The van der Waals surface area contributed by atoms with Crippen LogP contribution >= 0.6 is 0 Å². The molecule has 0 spiro atoms. The van der Waals surface area contributed by atoms with Crippen LogP contribution in [0, 0.1) is 18.6 Å². The molecule has 3 nitrogen and oxygen atoms in total. The van der Waals surface area contributed by atoms with Crippen LogP contribution in [0.2, 0.25) is 0 Å². The number of nitrogens with zero attached hydrogens (tertiary/aromatic N) is 1. The first kappa shape index (κ1) is 16.6. The van der Waals surface area contributed by atoms with Crippen LogP contribution in [0.3, 0.4) is 0 Å². The molecule has 0 aliphatic carbocycles. The second-order valence-electron chi connectivity index (χ2n) is 5.23. The summed E-state index contributed by atoms with van der Waals surface area (Å²) in [6, 6.07) is 2.31. The van der Waals surface area contributed by atoms with Crippen molar-refractivity contribution in [3.8, 4) is 0 Å². The summed E-state index contributed by atoms with van der Waals surface area (Å²) in [5.74, 6) is -1.45. The molecule has 0 heterocycles. The summed E-state index contributed by atoms with van der Waals surface area (Å²) in [7, 11) is 3.44. The molecule has 0 aromatic heterocycles. The van der Waals surface area contributed by atoms with Crippen molar-refractivity contribution in [2.45, 2.75) is 32.7 Å². The summed E-state index contributed by atoms with van der Waals surface area (Å²) in [6.45, 7) is 5.15. The third kappa shape index (κ3) is 3.33. The molecular weight excluding hydrogens is 264 g/mol. The van der Waals surface area contributed by atoms with Crippen LogP contribution in [0.25, 0.3) is 0 Å². The van der Waals surface area contributed by atoms with Gasteiger partial charge in [0.2, 0.25) is 0 Å². The Morgan fingerprint density at radius 3 is 2.40 bits per heavy atom. The third-order valence-electron chi connectivity index (χ3n) is 3.61. The van der Waals surface area contributed by atoms with Gasteiger partial charge >= 0.3 is 5.97 Å². The predicted molar refractivity (Wildman–Crippen MR) is 73.4 cm³/mol. The van der Waals surface area contributed by atoms with Gasteiger partial charge in [-0.15, -0.1) is 0 Å². The topological polar surface area (TPSA) is 29.5 Å². The number of carbonyl (C=O) groups excluding carboxylic acids is 1. The molecule has 0 saturated carbocycles. The molecule has 0 aliphatic heterocycles. The number of carbonyl (C=O) groups is 1. The molecule has 0 N–H and O–H groups in total. The lowest BCUT2D eigenvalue weighted by Crippen LogP contribution is -2.41. The maximum absolute atomic E-state index is 14.2. The van der Waals surface area contributed by atoms with Gasteiger partial charge in [0.05, 0.1) is 18.6 Å². The molecule has 0 bridgehead atoms. The number of esters is 1. The number of aryl methyl sites for hydroxylation is 1. The van der Waals surface area contributed by atoms with E-state index in [0.717, 1.165) is 12.1 Å². The van der Waals surface area contributed by atoms with E-state index >= 15 is 0 Å². The quantitative estimate of drug-likeness (QED) is 0.779. The number of halogens is 2. The first-order valence-corrected chi connectivity index (χ1v) is 6.51. The minimum Gasteiger partial charge on any atom is -0.466 e. The first-order valence-electron chi connectivity index (χ1n) is 6.51. The van der Waals surface area contributed by atoms with E-state index in [1.54, 1.807) is 32.8 Å². The van der Waals surface area contributed by atoms with Crippen molar-refractivity contribution in [2.24, 2.45) is 0 Å². The fraction of sp³-hybridized carbons (Fsp3) is 0.533. The maximum atomic E-state index is 14.2. The predicted octanol–water partition coefficient (Wildman–Crippen LogP) is 3.00. The number of rotatable bonds is 5. The second kappa shape index (κ2) is 6.31. The fourth-order valence-corrected chi connectivity index (χ4v) is 2.05. The van der Waals surface area contributed by atoms with Gasteiger partial charge in [-0.25, -0.2) is 8.78 Å². The van der Waals surface area contributed by atoms with Crippen LogP contribution in [0.5, 0.6) is 0 Å². The van der Waals surface area contributed by atoms with Crippen molar-refractivity contribution < 1.29 is 18.3 Å². The Balaban J connectivity index is 3.26. The Hall–Kier alpha value is -1.49. The van der Waals surface area contributed by atoms with E-state index in [4.69, 9.17) is 4.74 Å².